The van der Waals surface area contributed by atoms with Crippen LogP contribution in [-0.4, -0.2) is 27.8 Å². The number of hydrazine groups is 1. The second-order valence-electron chi connectivity index (χ2n) is 3.26. The molecule has 0 aliphatic heterocycles. The van der Waals surface area contributed by atoms with E-state index in [1.807, 2.05) is 0 Å². The molecule has 0 spiro atoms. The van der Waals surface area contributed by atoms with Crippen LogP contribution >= 0.6 is 0 Å². The largest absolute Gasteiger partial charge is 0.480 e. The third kappa shape index (κ3) is 1.57. The number of nitrogens with two attached hydrogens (primary N) is 1. The molecule has 0 saturated heterocycles. The Morgan fingerprint density at radius 3 is 2.33 bits per heavy atom. The number of aliphatic hydroxyl groups excluding tert-OH is 1. The van der Waals surface area contributed by atoms with Crippen molar-refractivity contribution in [2.75, 3.05) is 0 Å². The third-order valence-electron chi connectivity index (χ3n) is 2.49. The number of aliphatic carboxylic acids is 1. The Morgan fingerprint density at radius 1 is 1.50 bits per heavy atom. The first kappa shape index (κ1) is 9.44. The number of aliphatic hydroxyl groups is 1. The Morgan fingerprint density at radius 2 is 2.00 bits per heavy atom. The maximum Gasteiger partial charge on any atom is 0.325 e. The molecule has 0 bridgehead atoms. The highest BCUT2D eigenvalue weighted by Gasteiger charge is 2.40. The molecule has 0 aromatic heterocycles. The summed E-state index contributed by atoms with van der Waals surface area (Å²) in [5.41, 5.74) is 1.31. The fraction of sp³-hybridized carbons (Fsp3) is 0.857. The third-order valence-corrected chi connectivity index (χ3v) is 2.49. The van der Waals surface area contributed by atoms with Crippen LogP contribution in [0.1, 0.15) is 25.7 Å². The van der Waals surface area contributed by atoms with Crippen molar-refractivity contribution in [2.45, 2.75) is 37.3 Å². The minimum absolute atomic E-state index is 0.370. The van der Waals surface area contributed by atoms with Crippen molar-refractivity contribution < 1.29 is 15.0 Å². The van der Waals surface area contributed by atoms with E-state index in [2.05, 4.69) is 5.43 Å². The second-order valence-corrected chi connectivity index (χ2v) is 3.26. The Labute approximate surface area is 70.5 Å². The monoisotopic (exact) mass is 174 g/mol. The highest BCUT2D eigenvalue weighted by atomic mass is 16.4. The van der Waals surface area contributed by atoms with Crippen LogP contribution in [0.3, 0.4) is 0 Å². The molecular formula is C7H14N2O3. The lowest BCUT2D eigenvalue weighted by Crippen LogP contribution is -2.57. The van der Waals surface area contributed by atoms with Gasteiger partial charge in [-0.25, -0.2) is 5.43 Å². The van der Waals surface area contributed by atoms with E-state index >= 15 is 0 Å². The maximum atomic E-state index is 10.8. The van der Waals surface area contributed by atoms with Gasteiger partial charge in [0.1, 0.15) is 5.54 Å². The summed E-state index contributed by atoms with van der Waals surface area (Å²) in [5, 5.41) is 18.0. The van der Waals surface area contributed by atoms with Crippen LogP contribution in [0.25, 0.3) is 0 Å². The van der Waals surface area contributed by atoms with Gasteiger partial charge in [-0.15, -0.1) is 0 Å². The fourth-order valence-corrected chi connectivity index (χ4v) is 1.52. The Bertz CT molecular complexity index is 175. The zero-order valence-electron chi connectivity index (χ0n) is 6.79. The van der Waals surface area contributed by atoms with Crippen molar-refractivity contribution in [3.8, 4) is 0 Å². The van der Waals surface area contributed by atoms with Crippen LogP contribution in [0.2, 0.25) is 0 Å². The minimum atomic E-state index is -1.01. The molecule has 12 heavy (non-hydrogen) atoms. The van der Waals surface area contributed by atoms with Crippen molar-refractivity contribution in [1.82, 2.24) is 5.43 Å². The van der Waals surface area contributed by atoms with Gasteiger partial charge in [-0.3, -0.25) is 10.6 Å². The molecule has 70 valence electrons. The molecule has 1 aliphatic rings. The molecule has 0 radical (unpaired) electrons. The lowest BCUT2D eigenvalue weighted by Gasteiger charge is -2.34. The molecule has 5 N–H and O–H groups in total. The molecule has 0 unspecified atom stereocenters. The predicted octanol–water partition coefficient (Wildman–Crippen LogP) is -0.792. The van der Waals surface area contributed by atoms with Crippen LogP contribution in [0.4, 0.5) is 0 Å². The van der Waals surface area contributed by atoms with Gasteiger partial charge in [-0.2, -0.15) is 0 Å². The quantitative estimate of drug-likeness (QED) is 0.325. The summed E-state index contributed by atoms with van der Waals surface area (Å²) < 4.78 is 0. The molecule has 0 atom stereocenters. The summed E-state index contributed by atoms with van der Waals surface area (Å²) >= 11 is 0. The highest BCUT2D eigenvalue weighted by molar-refractivity contribution is 5.78. The van der Waals surface area contributed by atoms with Crippen LogP contribution < -0.4 is 11.3 Å². The Hall–Kier alpha value is -0.650. The van der Waals surface area contributed by atoms with Crippen molar-refractivity contribution in [2.24, 2.45) is 5.84 Å². The van der Waals surface area contributed by atoms with Crippen molar-refractivity contribution in [1.29, 1.82) is 0 Å². The van der Waals surface area contributed by atoms with Crippen molar-refractivity contribution in [3.05, 3.63) is 0 Å². The molecular weight excluding hydrogens is 160 g/mol. The van der Waals surface area contributed by atoms with E-state index in [4.69, 9.17) is 16.1 Å². The minimum Gasteiger partial charge on any atom is -0.480 e. The molecule has 5 nitrogen and oxygen atoms in total. The zero-order chi connectivity index (χ0) is 9.19. The van der Waals surface area contributed by atoms with Gasteiger partial charge in [-0.05, 0) is 25.7 Å². The van der Waals surface area contributed by atoms with Gasteiger partial charge in [-0.1, -0.05) is 0 Å². The average molecular weight is 174 g/mol. The molecule has 1 aliphatic carbocycles. The summed E-state index contributed by atoms with van der Waals surface area (Å²) in [6, 6.07) is 0. The Balaban J connectivity index is 2.63. The lowest BCUT2D eigenvalue weighted by molar-refractivity contribution is -0.147. The second kappa shape index (κ2) is 3.38. The predicted molar refractivity (Wildman–Crippen MR) is 42.2 cm³/mol. The molecule has 0 amide bonds. The standard InChI is InChI=1S/C7H14N2O3/c8-9-7(6(11)12)3-1-5(10)2-4-7/h5,9-10H,1-4,8H2,(H,11,12). The zero-order valence-corrected chi connectivity index (χ0v) is 6.79. The molecule has 0 aromatic carbocycles. The highest BCUT2D eigenvalue weighted by Crippen LogP contribution is 2.27. The lowest BCUT2D eigenvalue weighted by atomic mass is 9.81. The van der Waals surface area contributed by atoms with E-state index in [0.717, 1.165) is 0 Å². The summed E-state index contributed by atoms with van der Waals surface area (Å²) in [4.78, 5) is 10.8. The molecule has 1 fully saturated rings. The number of hydrogen-bond donors (Lipinski definition) is 4. The molecule has 0 aromatic rings. The normalized spacial score (nSPS) is 36.3. The van der Waals surface area contributed by atoms with Gasteiger partial charge < -0.3 is 10.2 Å². The van der Waals surface area contributed by atoms with Gasteiger partial charge in [0.15, 0.2) is 0 Å². The first-order valence-electron chi connectivity index (χ1n) is 4.00. The summed E-state index contributed by atoms with van der Waals surface area (Å²) in [7, 11) is 0. The summed E-state index contributed by atoms with van der Waals surface area (Å²) in [5.74, 6) is 4.24. The van der Waals surface area contributed by atoms with E-state index in [9.17, 15) is 4.79 Å². The van der Waals surface area contributed by atoms with Gasteiger partial charge in [0.25, 0.3) is 0 Å². The maximum absolute atomic E-state index is 10.8. The van der Waals surface area contributed by atoms with E-state index < -0.39 is 11.5 Å². The van der Waals surface area contributed by atoms with Crippen molar-refractivity contribution in [3.63, 3.8) is 0 Å². The van der Waals surface area contributed by atoms with Crippen LogP contribution in [0, 0.1) is 0 Å². The first-order valence-corrected chi connectivity index (χ1v) is 4.00. The molecule has 1 rings (SSSR count). The summed E-state index contributed by atoms with van der Waals surface area (Å²) in [6.45, 7) is 0. The smallest absolute Gasteiger partial charge is 0.325 e. The van der Waals surface area contributed by atoms with Crippen LogP contribution in [0.5, 0.6) is 0 Å². The fourth-order valence-electron chi connectivity index (χ4n) is 1.52. The van der Waals surface area contributed by atoms with Crippen LogP contribution in [-0.2, 0) is 4.79 Å². The Kier molecular flexibility index (Phi) is 2.66. The van der Waals surface area contributed by atoms with E-state index in [1.54, 1.807) is 0 Å². The number of rotatable bonds is 2. The van der Waals surface area contributed by atoms with Gasteiger partial charge in [0, 0.05) is 0 Å². The van der Waals surface area contributed by atoms with Gasteiger partial charge in [0.05, 0.1) is 6.10 Å². The van der Waals surface area contributed by atoms with Crippen molar-refractivity contribution >= 4 is 5.97 Å². The molecule has 0 heterocycles. The molecule has 5 heteroatoms. The number of carboxylic acid groups (broad SMARTS) is 1. The first-order chi connectivity index (χ1) is 5.60. The number of carboxylic acids is 1. The number of carbonyl (C=O) groups is 1. The van der Waals surface area contributed by atoms with Gasteiger partial charge >= 0.3 is 5.97 Å². The number of nitrogens with one attached hydrogen (secondary N) is 1. The topological polar surface area (TPSA) is 95.6 Å². The summed E-state index contributed by atoms with van der Waals surface area (Å²) in [6.07, 6.45) is 1.40. The van der Waals surface area contributed by atoms with Crippen LogP contribution in [0.15, 0.2) is 0 Å². The average Bonchev–Trinajstić information content (AvgIpc) is 2.06. The van der Waals surface area contributed by atoms with E-state index in [0.29, 0.717) is 25.7 Å². The molecule has 1 saturated carbocycles. The van der Waals surface area contributed by atoms with Gasteiger partial charge in [0.2, 0.25) is 0 Å². The van der Waals surface area contributed by atoms with E-state index in [1.165, 1.54) is 0 Å². The van der Waals surface area contributed by atoms with E-state index in [-0.39, 0.29) is 6.10 Å². The SMILES string of the molecule is NNC1(C(=O)O)CCC(O)CC1. The number of hydrogen-bond acceptors (Lipinski definition) is 4.